The van der Waals surface area contributed by atoms with E-state index in [2.05, 4.69) is 41.2 Å². The molecule has 26 heavy (non-hydrogen) atoms. The first-order valence-corrected chi connectivity index (χ1v) is 10.1. The third kappa shape index (κ3) is 5.40. The van der Waals surface area contributed by atoms with Crippen LogP contribution in [0.25, 0.3) is 0 Å². The Labute approximate surface area is 164 Å². The van der Waals surface area contributed by atoms with E-state index in [-0.39, 0.29) is 5.56 Å². The maximum absolute atomic E-state index is 12.2. The number of nitrogens with one attached hydrogen (secondary N) is 2. The van der Waals surface area contributed by atoms with Crippen LogP contribution < -0.4 is 10.9 Å². The van der Waals surface area contributed by atoms with Gasteiger partial charge in [-0.05, 0) is 39.7 Å². The van der Waals surface area contributed by atoms with Crippen molar-refractivity contribution in [3.05, 3.63) is 80.7 Å². The summed E-state index contributed by atoms with van der Waals surface area (Å²) in [7, 11) is 0. The third-order valence-electron chi connectivity index (χ3n) is 3.60. The molecule has 3 aromatic heterocycles. The van der Waals surface area contributed by atoms with Crippen LogP contribution in [0.4, 0.5) is 5.95 Å². The summed E-state index contributed by atoms with van der Waals surface area (Å²) in [6.07, 6.45) is 7.39. The van der Waals surface area contributed by atoms with Crippen molar-refractivity contribution in [3.8, 4) is 0 Å². The average molecular weight is 432 g/mol. The molecule has 0 aliphatic rings. The molecule has 2 N–H and O–H groups in total. The molecule has 0 aliphatic carbocycles. The smallest absolute Gasteiger partial charge is 0.255 e. The SMILES string of the molecule is O=c1[nH]c(NCCSCc2ncccc2Br)ncc1Cc1cccnc1. The highest BCUT2D eigenvalue weighted by Gasteiger charge is 2.05. The van der Waals surface area contributed by atoms with Crippen molar-refractivity contribution in [2.45, 2.75) is 12.2 Å². The summed E-state index contributed by atoms with van der Waals surface area (Å²) in [6.45, 7) is 0.708. The fourth-order valence-corrected chi connectivity index (χ4v) is 3.69. The van der Waals surface area contributed by atoms with Crippen LogP contribution in [0.15, 0.2) is 58.3 Å². The van der Waals surface area contributed by atoms with Crippen molar-refractivity contribution in [1.29, 1.82) is 0 Å². The van der Waals surface area contributed by atoms with E-state index in [4.69, 9.17) is 0 Å². The van der Waals surface area contributed by atoms with Crippen molar-refractivity contribution in [2.75, 3.05) is 17.6 Å². The Balaban J connectivity index is 1.46. The van der Waals surface area contributed by atoms with Gasteiger partial charge in [0.1, 0.15) is 0 Å². The van der Waals surface area contributed by atoms with Crippen LogP contribution in [0.5, 0.6) is 0 Å². The van der Waals surface area contributed by atoms with E-state index in [0.717, 1.165) is 27.2 Å². The summed E-state index contributed by atoms with van der Waals surface area (Å²) in [5.41, 5.74) is 2.51. The zero-order chi connectivity index (χ0) is 18.2. The Bertz CT molecular complexity index is 903. The largest absolute Gasteiger partial charge is 0.355 e. The molecule has 0 unspecified atom stereocenters. The first-order chi connectivity index (χ1) is 12.7. The summed E-state index contributed by atoms with van der Waals surface area (Å²) in [5.74, 6) is 2.20. The van der Waals surface area contributed by atoms with E-state index in [1.807, 2.05) is 24.3 Å². The zero-order valence-electron chi connectivity index (χ0n) is 14.0. The van der Waals surface area contributed by atoms with Crippen LogP contribution in [0.1, 0.15) is 16.8 Å². The standard InChI is InChI=1S/C18H18BrN5OS/c19-15-4-2-6-21-16(15)12-26-8-7-22-18-23-11-14(17(25)24-18)9-13-3-1-5-20-10-13/h1-6,10-11H,7-9,12H2,(H2,22,23,24,25). The van der Waals surface area contributed by atoms with Crippen LogP contribution in [0, 0.1) is 0 Å². The lowest BCUT2D eigenvalue weighted by Crippen LogP contribution is -2.18. The molecule has 0 amide bonds. The number of hydrogen-bond donors (Lipinski definition) is 2. The number of H-pyrrole nitrogens is 1. The van der Waals surface area contributed by atoms with Crippen molar-refractivity contribution in [3.63, 3.8) is 0 Å². The molecule has 0 spiro atoms. The fourth-order valence-electron chi connectivity index (χ4n) is 2.29. The van der Waals surface area contributed by atoms with Crippen LogP contribution in [0.2, 0.25) is 0 Å². The van der Waals surface area contributed by atoms with Crippen LogP contribution in [-0.4, -0.2) is 32.2 Å². The van der Waals surface area contributed by atoms with Gasteiger partial charge in [-0.1, -0.05) is 6.07 Å². The maximum Gasteiger partial charge on any atom is 0.255 e. The number of anilines is 1. The van der Waals surface area contributed by atoms with E-state index in [1.165, 1.54) is 0 Å². The second-order valence-corrected chi connectivity index (χ2v) is 7.50. The number of nitrogens with zero attached hydrogens (tertiary/aromatic N) is 3. The number of pyridine rings is 2. The molecule has 0 saturated heterocycles. The molecule has 3 rings (SSSR count). The van der Waals surface area contributed by atoms with Gasteiger partial charge in [0.15, 0.2) is 0 Å². The van der Waals surface area contributed by atoms with Crippen LogP contribution in [0.3, 0.4) is 0 Å². The monoisotopic (exact) mass is 431 g/mol. The lowest BCUT2D eigenvalue weighted by molar-refractivity contribution is 1.00. The molecule has 134 valence electrons. The predicted molar refractivity (Wildman–Crippen MR) is 108 cm³/mol. The summed E-state index contributed by atoms with van der Waals surface area (Å²) >= 11 is 5.26. The minimum Gasteiger partial charge on any atom is -0.355 e. The van der Waals surface area contributed by atoms with Crippen molar-refractivity contribution >= 4 is 33.6 Å². The van der Waals surface area contributed by atoms with Gasteiger partial charge in [-0.2, -0.15) is 11.8 Å². The Kier molecular flexibility index (Phi) is 6.79. The Morgan fingerprint density at radius 1 is 1.15 bits per heavy atom. The number of aromatic amines is 1. The van der Waals surface area contributed by atoms with Gasteiger partial charge in [-0.3, -0.25) is 19.7 Å². The molecule has 0 fully saturated rings. The molecular weight excluding hydrogens is 414 g/mol. The summed E-state index contributed by atoms with van der Waals surface area (Å²) in [4.78, 5) is 27.7. The number of hydrogen-bond acceptors (Lipinski definition) is 6. The lowest BCUT2D eigenvalue weighted by Gasteiger charge is -2.07. The van der Waals surface area contributed by atoms with Crippen molar-refractivity contribution in [2.24, 2.45) is 0 Å². The van der Waals surface area contributed by atoms with E-state index in [9.17, 15) is 4.79 Å². The molecule has 8 heteroatoms. The van der Waals surface area contributed by atoms with Gasteiger partial charge in [0.2, 0.25) is 5.95 Å². The fraction of sp³-hybridized carbons (Fsp3) is 0.222. The molecule has 6 nitrogen and oxygen atoms in total. The van der Waals surface area contributed by atoms with Gasteiger partial charge in [0.25, 0.3) is 5.56 Å². The number of rotatable bonds is 8. The average Bonchev–Trinajstić information content (AvgIpc) is 2.66. The van der Waals surface area contributed by atoms with E-state index < -0.39 is 0 Å². The predicted octanol–water partition coefficient (Wildman–Crippen LogP) is 3.26. The minimum atomic E-state index is -0.128. The van der Waals surface area contributed by atoms with Gasteiger partial charge >= 0.3 is 0 Å². The highest BCUT2D eigenvalue weighted by atomic mass is 79.9. The van der Waals surface area contributed by atoms with E-state index in [0.29, 0.717) is 24.5 Å². The van der Waals surface area contributed by atoms with Crippen LogP contribution >= 0.6 is 27.7 Å². The maximum atomic E-state index is 12.2. The second kappa shape index (κ2) is 9.49. The number of halogens is 1. The van der Waals surface area contributed by atoms with Crippen molar-refractivity contribution in [1.82, 2.24) is 19.9 Å². The molecular formula is C18H18BrN5OS. The molecule has 0 aromatic carbocycles. The molecule has 3 aromatic rings. The Morgan fingerprint density at radius 3 is 2.81 bits per heavy atom. The first-order valence-electron chi connectivity index (χ1n) is 8.10. The summed E-state index contributed by atoms with van der Waals surface area (Å²) in [5, 5.41) is 3.15. The van der Waals surface area contributed by atoms with Gasteiger partial charge in [-0.25, -0.2) is 4.98 Å². The molecule has 0 bridgehead atoms. The molecule has 0 atom stereocenters. The lowest BCUT2D eigenvalue weighted by atomic mass is 10.1. The molecule has 0 radical (unpaired) electrons. The molecule has 3 heterocycles. The van der Waals surface area contributed by atoms with E-state index in [1.54, 1.807) is 36.5 Å². The topological polar surface area (TPSA) is 83.6 Å². The van der Waals surface area contributed by atoms with Gasteiger partial charge in [0.05, 0.1) is 5.69 Å². The quantitative estimate of drug-likeness (QED) is 0.532. The highest BCUT2D eigenvalue weighted by Crippen LogP contribution is 2.18. The first kappa shape index (κ1) is 18.6. The normalized spacial score (nSPS) is 10.7. The van der Waals surface area contributed by atoms with Gasteiger partial charge < -0.3 is 5.32 Å². The van der Waals surface area contributed by atoms with Crippen molar-refractivity contribution < 1.29 is 0 Å². The third-order valence-corrected chi connectivity index (χ3v) is 5.30. The summed E-state index contributed by atoms with van der Waals surface area (Å²) in [6, 6.07) is 7.69. The second-order valence-electron chi connectivity index (χ2n) is 5.54. The summed E-state index contributed by atoms with van der Waals surface area (Å²) < 4.78 is 1.02. The number of aromatic nitrogens is 4. The zero-order valence-corrected chi connectivity index (χ0v) is 16.4. The van der Waals surface area contributed by atoms with Gasteiger partial charge in [-0.15, -0.1) is 0 Å². The molecule has 0 saturated carbocycles. The Morgan fingerprint density at radius 2 is 2.04 bits per heavy atom. The minimum absolute atomic E-state index is 0.128. The number of thioether (sulfide) groups is 1. The molecule has 0 aliphatic heterocycles. The van der Waals surface area contributed by atoms with Crippen LogP contribution in [-0.2, 0) is 12.2 Å². The Hall–Kier alpha value is -2.19. The van der Waals surface area contributed by atoms with Gasteiger partial charge in [0, 0.05) is 59.3 Å². The van der Waals surface area contributed by atoms with E-state index >= 15 is 0 Å². The highest BCUT2D eigenvalue weighted by molar-refractivity contribution is 9.10.